The van der Waals surface area contributed by atoms with Crippen molar-refractivity contribution < 1.29 is 5.21 Å². The predicted molar refractivity (Wildman–Crippen MR) is 35.7 cm³/mol. The minimum atomic E-state index is 0.213. The van der Waals surface area contributed by atoms with Gasteiger partial charge in [-0.2, -0.15) is 0 Å². The Balaban J connectivity index is 3.11. The van der Waals surface area contributed by atoms with Crippen LogP contribution < -0.4 is 10.8 Å². The van der Waals surface area contributed by atoms with Crippen molar-refractivity contribution in [2.24, 2.45) is 0 Å². The highest BCUT2D eigenvalue weighted by Gasteiger charge is 1.83. The normalized spacial score (nSPS) is 7.62. The van der Waals surface area contributed by atoms with E-state index in [1.54, 1.807) is 11.6 Å². The Morgan fingerprint density at radius 3 is 2.88 bits per heavy atom. The quantitative estimate of drug-likeness (QED) is 0.282. The Bertz CT molecular complexity index is 94.0. The van der Waals surface area contributed by atoms with Crippen molar-refractivity contribution in [2.75, 3.05) is 6.54 Å². The number of nitrogens with one attached hydrogen (secondary N) is 2. The van der Waals surface area contributed by atoms with Crippen LogP contribution in [0.25, 0.3) is 0 Å². The Hall–Kier alpha value is -0.610. The molecule has 0 fully saturated rings. The maximum absolute atomic E-state index is 8.07. The van der Waals surface area contributed by atoms with Gasteiger partial charge in [0.1, 0.15) is 0 Å². The monoisotopic (exact) mass is 132 g/mol. The minimum absolute atomic E-state index is 0.213. The van der Waals surface area contributed by atoms with Crippen molar-refractivity contribution in [3.63, 3.8) is 0 Å². The van der Waals surface area contributed by atoms with Gasteiger partial charge < -0.3 is 5.32 Å². The molecule has 0 aliphatic rings. The average molecular weight is 132 g/mol. The molecule has 4 heteroatoms. The first kappa shape index (κ1) is 7.39. The molecule has 46 valence electrons. The molecule has 0 atom stereocenters. The molecular formula is C4H8N2OS. The summed E-state index contributed by atoms with van der Waals surface area (Å²) >= 11 is 4.50. The molecule has 0 rings (SSSR count). The van der Waals surface area contributed by atoms with Crippen LogP contribution in [0, 0.1) is 0 Å². The van der Waals surface area contributed by atoms with Gasteiger partial charge in [-0.05, 0) is 12.2 Å². The van der Waals surface area contributed by atoms with Gasteiger partial charge in [-0.3, -0.25) is 5.21 Å². The topological polar surface area (TPSA) is 44.3 Å². The standard InChI is InChI=1S/C4H8N2OS/c1-2-3-5-4(8)6-7/h2,7H,1,3H2,(H2,5,6,8). The summed E-state index contributed by atoms with van der Waals surface area (Å²) in [5.41, 5.74) is 1.77. The molecule has 0 aromatic heterocycles. The van der Waals surface area contributed by atoms with Gasteiger partial charge in [0.25, 0.3) is 0 Å². The van der Waals surface area contributed by atoms with Crippen LogP contribution in [-0.4, -0.2) is 16.9 Å². The van der Waals surface area contributed by atoms with Crippen molar-refractivity contribution in [1.82, 2.24) is 10.8 Å². The van der Waals surface area contributed by atoms with E-state index in [-0.39, 0.29) is 5.11 Å². The number of hydrogen-bond acceptors (Lipinski definition) is 2. The summed E-state index contributed by atoms with van der Waals surface area (Å²) in [5, 5.41) is 10.9. The maximum atomic E-state index is 8.07. The van der Waals surface area contributed by atoms with E-state index in [0.29, 0.717) is 6.54 Å². The van der Waals surface area contributed by atoms with Gasteiger partial charge in [-0.15, -0.1) is 6.58 Å². The lowest BCUT2D eigenvalue weighted by Gasteiger charge is -1.99. The minimum Gasteiger partial charge on any atom is -0.358 e. The SMILES string of the molecule is C=CCNC(=S)NO. The Morgan fingerprint density at radius 2 is 2.50 bits per heavy atom. The van der Waals surface area contributed by atoms with E-state index in [4.69, 9.17) is 5.21 Å². The van der Waals surface area contributed by atoms with Gasteiger partial charge in [0.15, 0.2) is 5.11 Å². The van der Waals surface area contributed by atoms with Crippen LogP contribution >= 0.6 is 12.2 Å². The van der Waals surface area contributed by atoms with Crippen LogP contribution in [0.5, 0.6) is 0 Å². The predicted octanol–water partition coefficient (Wildman–Crippen LogP) is 0.0257. The number of hydroxylamine groups is 1. The lowest BCUT2D eigenvalue weighted by Crippen LogP contribution is -2.32. The van der Waals surface area contributed by atoms with Gasteiger partial charge in [0, 0.05) is 6.54 Å². The Kier molecular flexibility index (Phi) is 4.20. The molecule has 0 radical (unpaired) electrons. The smallest absolute Gasteiger partial charge is 0.190 e. The third kappa shape index (κ3) is 3.58. The van der Waals surface area contributed by atoms with Crippen molar-refractivity contribution >= 4 is 17.3 Å². The third-order valence-corrected chi connectivity index (χ3v) is 0.744. The molecule has 0 spiro atoms. The van der Waals surface area contributed by atoms with E-state index in [1.165, 1.54) is 0 Å². The summed E-state index contributed by atoms with van der Waals surface area (Å²) in [6.45, 7) is 4.00. The van der Waals surface area contributed by atoms with E-state index in [2.05, 4.69) is 24.1 Å². The summed E-state index contributed by atoms with van der Waals surface area (Å²) in [5.74, 6) is 0. The summed E-state index contributed by atoms with van der Waals surface area (Å²) in [4.78, 5) is 0. The maximum Gasteiger partial charge on any atom is 0.190 e. The van der Waals surface area contributed by atoms with Crippen LogP contribution in [-0.2, 0) is 0 Å². The summed E-state index contributed by atoms with van der Waals surface area (Å²) in [6, 6.07) is 0. The van der Waals surface area contributed by atoms with Crippen molar-refractivity contribution in [3.05, 3.63) is 12.7 Å². The molecule has 3 nitrogen and oxygen atoms in total. The number of hydrogen-bond donors (Lipinski definition) is 3. The molecule has 0 aliphatic carbocycles. The van der Waals surface area contributed by atoms with Gasteiger partial charge in [-0.1, -0.05) is 6.08 Å². The molecule has 0 amide bonds. The third-order valence-electron chi connectivity index (χ3n) is 0.509. The highest BCUT2D eigenvalue weighted by atomic mass is 32.1. The molecule has 0 unspecified atom stereocenters. The highest BCUT2D eigenvalue weighted by Crippen LogP contribution is 1.62. The molecule has 0 aliphatic heterocycles. The fourth-order valence-electron chi connectivity index (χ4n) is 0.204. The first-order valence-corrected chi connectivity index (χ1v) is 2.51. The van der Waals surface area contributed by atoms with Crippen molar-refractivity contribution in [2.45, 2.75) is 0 Å². The van der Waals surface area contributed by atoms with E-state index in [0.717, 1.165) is 0 Å². The van der Waals surface area contributed by atoms with E-state index in [9.17, 15) is 0 Å². The van der Waals surface area contributed by atoms with Gasteiger partial charge >= 0.3 is 0 Å². The summed E-state index contributed by atoms with van der Waals surface area (Å²) in [7, 11) is 0. The summed E-state index contributed by atoms with van der Waals surface area (Å²) < 4.78 is 0. The van der Waals surface area contributed by atoms with Crippen molar-refractivity contribution in [1.29, 1.82) is 0 Å². The molecular weight excluding hydrogens is 124 g/mol. The zero-order valence-electron chi connectivity index (χ0n) is 4.35. The zero-order valence-corrected chi connectivity index (χ0v) is 5.16. The highest BCUT2D eigenvalue weighted by molar-refractivity contribution is 7.80. The summed E-state index contributed by atoms with van der Waals surface area (Å²) in [6.07, 6.45) is 1.64. The molecule has 0 bridgehead atoms. The molecule has 3 N–H and O–H groups in total. The molecule has 0 saturated carbocycles. The van der Waals surface area contributed by atoms with E-state index in [1.807, 2.05) is 0 Å². The Morgan fingerprint density at radius 1 is 1.88 bits per heavy atom. The largest absolute Gasteiger partial charge is 0.358 e. The average Bonchev–Trinajstić information content (AvgIpc) is 1.83. The van der Waals surface area contributed by atoms with Gasteiger partial charge in [-0.25, -0.2) is 5.48 Å². The zero-order chi connectivity index (χ0) is 6.41. The molecule has 0 aromatic carbocycles. The molecule has 8 heavy (non-hydrogen) atoms. The van der Waals surface area contributed by atoms with E-state index >= 15 is 0 Å². The Labute approximate surface area is 53.4 Å². The van der Waals surface area contributed by atoms with Crippen LogP contribution in [0.3, 0.4) is 0 Å². The number of thiocarbonyl (C=S) groups is 1. The second-order valence-electron chi connectivity index (χ2n) is 1.11. The fourth-order valence-corrected chi connectivity index (χ4v) is 0.288. The van der Waals surface area contributed by atoms with Crippen LogP contribution in [0.15, 0.2) is 12.7 Å². The molecule has 0 aromatic rings. The first-order chi connectivity index (χ1) is 3.81. The van der Waals surface area contributed by atoms with Gasteiger partial charge in [0.05, 0.1) is 0 Å². The molecule has 0 saturated heterocycles. The van der Waals surface area contributed by atoms with E-state index < -0.39 is 0 Å². The lowest BCUT2D eigenvalue weighted by molar-refractivity contribution is 0.233. The first-order valence-electron chi connectivity index (χ1n) is 2.10. The molecule has 0 heterocycles. The van der Waals surface area contributed by atoms with Crippen LogP contribution in [0.4, 0.5) is 0 Å². The lowest BCUT2D eigenvalue weighted by atomic mass is 10.6. The van der Waals surface area contributed by atoms with Crippen LogP contribution in [0.1, 0.15) is 0 Å². The van der Waals surface area contributed by atoms with Crippen molar-refractivity contribution in [3.8, 4) is 0 Å². The van der Waals surface area contributed by atoms with Crippen LogP contribution in [0.2, 0.25) is 0 Å². The second-order valence-corrected chi connectivity index (χ2v) is 1.52. The fraction of sp³-hybridized carbons (Fsp3) is 0.250. The number of rotatable bonds is 2. The van der Waals surface area contributed by atoms with Gasteiger partial charge in [0.2, 0.25) is 0 Å². The second kappa shape index (κ2) is 4.55.